The van der Waals surface area contributed by atoms with E-state index in [1.165, 1.54) is 0 Å². The second-order valence-corrected chi connectivity index (χ2v) is 8.87. The maximum atomic E-state index is 12.9. The lowest BCUT2D eigenvalue weighted by Gasteiger charge is -2.43. The normalized spacial score (nSPS) is 25.1. The molecule has 1 aromatic carbocycles. The van der Waals surface area contributed by atoms with Crippen LogP contribution in [-0.2, 0) is 15.1 Å². The lowest BCUT2D eigenvalue weighted by atomic mass is 9.84. The summed E-state index contributed by atoms with van der Waals surface area (Å²) in [7, 11) is 0. The number of ether oxygens (including phenoxy) is 2. The maximum absolute atomic E-state index is 12.9. The first-order chi connectivity index (χ1) is 13.7. The van der Waals surface area contributed by atoms with Crippen LogP contribution in [0.2, 0.25) is 0 Å². The lowest BCUT2D eigenvalue weighted by Crippen LogP contribution is -2.52. The highest BCUT2D eigenvalue weighted by Crippen LogP contribution is 2.39. The van der Waals surface area contributed by atoms with E-state index in [1.54, 1.807) is 9.80 Å². The molecule has 0 bridgehead atoms. The monoisotopic (exact) mass is 404 g/mol. The summed E-state index contributed by atoms with van der Waals surface area (Å²) < 4.78 is 11.5. The van der Waals surface area contributed by atoms with Crippen molar-refractivity contribution in [3.63, 3.8) is 0 Å². The third-order valence-corrected chi connectivity index (χ3v) is 5.57. The first-order valence-corrected chi connectivity index (χ1v) is 10.4. The highest BCUT2D eigenvalue weighted by molar-refractivity contribution is 5.71. The molecule has 1 aromatic rings. The van der Waals surface area contributed by atoms with Gasteiger partial charge in [-0.3, -0.25) is 0 Å². The van der Waals surface area contributed by atoms with Gasteiger partial charge in [0.15, 0.2) is 0 Å². The zero-order valence-corrected chi connectivity index (χ0v) is 17.6. The fraction of sp³-hybridized carbons (Fsp3) is 0.636. The average molecular weight is 405 g/mol. The average Bonchev–Trinajstić information content (AvgIpc) is 3.16. The lowest BCUT2D eigenvalue weighted by molar-refractivity contribution is -0.0682. The predicted octanol–water partition coefficient (Wildman–Crippen LogP) is 3.51. The van der Waals surface area contributed by atoms with Crippen molar-refractivity contribution >= 4 is 12.2 Å². The molecule has 2 amide bonds. The van der Waals surface area contributed by atoms with Gasteiger partial charge in [0.1, 0.15) is 11.2 Å². The van der Waals surface area contributed by atoms with E-state index in [1.807, 2.05) is 51.1 Å². The van der Waals surface area contributed by atoms with E-state index in [9.17, 15) is 14.7 Å². The fourth-order valence-electron chi connectivity index (χ4n) is 4.12. The van der Waals surface area contributed by atoms with Crippen LogP contribution in [0.3, 0.4) is 0 Å². The molecule has 2 heterocycles. The molecular weight excluding hydrogens is 372 g/mol. The third-order valence-electron chi connectivity index (χ3n) is 5.57. The largest absolute Gasteiger partial charge is 0.444 e. The van der Waals surface area contributed by atoms with Crippen molar-refractivity contribution in [2.45, 2.75) is 63.7 Å². The van der Waals surface area contributed by atoms with Crippen LogP contribution in [-0.4, -0.2) is 65.0 Å². The molecular formula is C22H32N2O5. The van der Waals surface area contributed by atoms with Gasteiger partial charge in [0.05, 0.1) is 6.04 Å². The SMILES string of the molecule is CC(C)(C)OC(=O)N1CCC(N2CCC(CCCO)(c3ccccc3)OC2=O)C1. The molecule has 2 saturated heterocycles. The number of carbonyl (C=O) groups excluding carboxylic acids is 2. The number of cyclic esters (lactones) is 1. The van der Waals surface area contributed by atoms with Crippen molar-refractivity contribution in [3.8, 4) is 0 Å². The van der Waals surface area contributed by atoms with Crippen LogP contribution >= 0.6 is 0 Å². The summed E-state index contributed by atoms with van der Waals surface area (Å²) in [6, 6.07) is 9.68. The Labute approximate surface area is 172 Å². The zero-order valence-electron chi connectivity index (χ0n) is 17.6. The minimum absolute atomic E-state index is 0.0589. The summed E-state index contributed by atoms with van der Waals surface area (Å²) in [4.78, 5) is 28.7. The smallest absolute Gasteiger partial charge is 0.410 e. The fourth-order valence-corrected chi connectivity index (χ4v) is 4.12. The minimum Gasteiger partial charge on any atom is -0.444 e. The number of carbonyl (C=O) groups is 2. The van der Waals surface area contributed by atoms with Gasteiger partial charge in [-0.1, -0.05) is 30.3 Å². The molecule has 2 fully saturated rings. The number of benzene rings is 1. The number of hydrogen-bond donors (Lipinski definition) is 1. The number of aliphatic hydroxyl groups excluding tert-OH is 1. The van der Waals surface area contributed by atoms with Crippen LogP contribution in [0.15, 0.2) is 30.3 Å². The van der Waals surface area contributed by atoms with Crippen molar-refractivity contribution in [2.24, 2.45) is 0 Å². The summed E-state index contributed by atoms with van der Waals surface area (Å²) in [6.07, 6.45) is 1.83. The van der Waals surface area contributed by atoms with E-state index >= 15 is 0 Å². The molecule has 2 unspecified atom stereocenters. The van der Waals surface area contributed by atoms with Crippen LogP contribution in [0, 0.1) is 0 Å². The Bertz CT molecular complexity index is 718. The van der Waals surface area contributed by atoms with Crippen molar-refractivity contribution in [2.75, 3.05) is 26.2 Å². The Morgan fingerprint density at radius 3 is 2.62 bits per heavy atom. The van der Waals surface area contributed by atoms with E-state index in [2.05, 4.69) is 0 Å². The number of nitrogens with zero attached hydrogens (tertiary/aromatic N) is 2. The van der Waals surface area contributed by atoms with Gasteiger partial charge in [0, 0.05) is 32.7 Å². The van der Waals surface area contributed by atoms with E-state index in [-0.39, 0.29) is 24.8 Å². The van der Waals surface area contributed by atoms with Crippen molar-refractivity contribution in [3.05, 3.63) is 35.9 Å². The number of amides is 2. The van der Waals surface area contributed by atoms with Crippen LogP contribution in [0.4, 0.5) is 9.59 Å². The highest BCUT2D eigenvalue weighted by atomic mass is 16.6. The summed E-state index contributed by atoms with van der Waals surface area (Å²) in [5.41, 5.74) is -0.286. The van der Waals surface area contributed by atoms with Crippen LogP contribution in [0.25, 0.3) is 0 Å². The molecule has 0 aromatic heterocycles. The second-order valence-electron chi connectivity index (χ2n) is 8.87. The number of aliphatic hydroxyl groups is 1. The summed E-state index contributed by atoms with van der Waals surface area (Å²) in [6.45, 7) is 7.17. The first-order valence-electron chi connectivity index (χ1n) is 10.4. The number of hydrogen-bond acceptors (Lipinski definition) is 5. The van der Waals surface area contributed by atoms with Crippen molar-refractivity contribution in [1.82, 2.24) is 9.80 Å². The molecule has 0 spiro atoms. The molecule has 2 aliphatic heterocycles. The summed E-state index contributed by atoms with van der Waals surface area (Å²) in [5.74, 6) is 0. The van der Waals surface area contributed by atoms with Crippen LogP contribution < -0.4 is 0 Å². The molecule has 7 heteroatoms. The van der Waals surface area contributed by atoms with E-state index in [0.717, 1.165) is 5.56 Å². The zero-order chi connectivity index (χ0) is 21.1. The van der Waals surface area contributed by atoms with Crippen LogP contribution in [0.5, 0.6) is 0 Å². The van der Waals surface area contributed by atoms with Gasteiger partial charge in [0.2, 0.25) is 0 Å². The highest BCUT2D eigenvalue weighted by Gasteiger charge is 2.45. The molecule has 29 heavy (non-hydrogen) atoms. The summed E-state index contributed by atoms with van der Waals surface area (Å²) in [5, 5.41) is 9.31. The molecule has 1 N–H and O–H groups in total. The Morgan fingerprint density at radius 1 is 1.28 bits per heavy atom. The number of likely N-dealkylation sites (tertiary alicyclic amines) is 1. The van der Waals surface area contributed by atoms with Gasteiger partial charge >= 0.3 is 12.2 Å². The van der Waals surface area contributed by atoms with Crippen molar-refractivity contribution < 1.29 is 24.2 Å². The standard InChI is InChI=1S/C22H32N2O5/c1-21(2,3)28-19(26)23-13-10-18(16-23)24-14-12-22(11-7-15-25,29-20(24)27)17-8-5-4-6-9-17/h4-6,8-9,18,25H,7,10-16H2,1-3H3. The van der Waals surface area contributed by atoms with Gasteiger partial charge < -0.3 is 24.4 Å². The molecule has 0 saturated carbocycles. The molecule has 7 nitrogen and oxygen atoms in total. The Kier molecular flexibility index (Phi) is 6.36. The molecule has 2 atom stereocenters. The van der Waals surface area contributed by atoms with Gasteiger partial charge in [-0.15, -0.1) is 0 Å². The van der Waals surface area contributed by atoms with E-state index in [0.29, 0.717) is 45.3 Å². The Balaban J connectivity index is 1.66. The molecule has 0 aliphatic carbocycles. The maximum Gasteiger partial charge on any atom is 0.410 e. The van der Waals surface area contributed by atoms with E-state index < -0.39 is 11.2 Å². The predicted molar refractivity (Wildman–Crippen MR) is 108 cm³/mol. The van der Waals surface area contributed by atoms with Gasteiger partial charge in [-0.25, -0.2) is 9.59 Å². The molecule has 160 valence electrons. The van der Waals surface area contributed by atoms with Crippen LogP contribution in [0.1, 0.15) is 52.0 Å². The first kappa shape index (κ1) is 21.4. The molecule has 3 rings (SSSR count). The van der Waals surface area contributed by atoms with E-state index in [4.69, 9.17) is 9.47 Å². The summed E-state index contributed by atoms with van der Waals surface area (Å²) >= 11 is 0. The van der Waals surface area contributed by atoms with Gasteiger partial charge in [-0.2, -0.15) is 0 Å². The molecule has 2 aliphatic rings. The topological polar surface area (TPSA) is 79.3 Å². The minimum atomic E-state index is -0.707. The Hall–Kier alpha value is -2.28. The van der Waals surface area contributed by atoms with Crippen molar-refractivity contribution in [1.29, 1.82) is 0 Å². The third kappa shape index (κ3) is 5.01. The van der Waals surface area contributed by atoms with Gasteiger partial charge in [0.25, 0.3) is 0 Å². The second kappa shape index (κ2) is 8.61. The Morgan fingerprint density at radius 2 is 2.00 bits per heavy atom. The quantitative estimate of drug-likeness (QED) is 0.812. The van der Waals surface area contributed by atoms with Gasteiger partial charge in [-0.05, 0) is 45.6 Å². The number of rotatable bonds is 5. The molecule has 0 radical (unpaired) electrons.